The van der Waals surface area contributed by atoms with Gasteiger partial charge in [-0.3, -0.25) is 0 Å². The molecule has 1 aromatic carbocycles. The summed E-state index contributed by atoms with van der Waals surface area (Å²) in [5.41, 5.74) is 2.72. The lowest BCUT2D eigenvalue weighted by molar-refractivity contribution is 0.136. The second-order valence-corrected chi connectivity index (χ2v) is 12.8. The summed E-state index contributed by atoms with van der Waals surface area (Å²) in [4.78, 5) is 10.0. The monoisotopic (exact) mass is 512 g/mol. The normalized spacial score (nSPS) is 21.3. The van der Waals surface area contributed by atoms with Crippen LogP contribution in [0.5, 0.6) is 0 Å². The first-order valence-corrected chi connectivity index (χ1v) is 15.0. The van der Waals surface area contributed by atoms with Crippen molar-refractivity contribution in [2.75, 3.05) is 32.4 Å². The van der Waals surface area contributed by atoms with Crippen molar-refractivity contribution in [3.8, 4) is 11.3 Å². The molecule has 0 bridgehead atoms. The van der Waals surface area contributed by atoms with Gasteiger partial charge in [0.15, 0.2) is 21.3 Å². The van der Waals surface area contributed by atoms with Crippen molar-refractivity contribution < 1.29 is 12.8 Å². The third-order valence-electron chi connectivity index (χ3n) is 8.09. The summed E-state index contributed by atoms with van der Waals surface area (Å²) in [6.45, 7) is 9.11. The zero-order valence-electron chi connectivity index (χ0n) is 21.5. The highest BCUT2D eigenvalue weighted by Gasteiger charge is 2.28. The lowest BCUT2D eigenvalue weighted by atomic mass is 9.89. The molecule has 0 radical (unpaired) electrons. The number of likely N-dealkylation sites (tertiary alicyclic amines) is 2. The van der Waals surface area contributed by atoms with Gasteiger partial charge in [0.2, 0.25) is 0 Å². The first-order chi connectivity index (χ1) is 17.2. The summed E-state index contributed by atoms with van der Waals surface area (Å²) >= 11 is 0. The lowest BCUT2D eigenvalue weighted by Gasteiger charge is -2.37. The molecule has 0 aliphatic carbocycles. The van der Waals surface area contributed by atoms with Gasteiger partial charge in [0.1, 0.15) is 0 Å². The lowest BCUT2D eigenvalue weighted by Crippen LogP contribution is -2.41. The second kappa shape index (κ2) is 10.2. The number of imidazole rings is 1. The molecule has 1 unspecified atom stereocenters. The van der Waals surface area contributed by atoms with E-state index in [0.29, 0.717) is 29.3 Å². The fourth-order valence-electron chi connectivity index (χ4n) is 5.89. The van der Waals surface area contributed by atoms with Crippen LogP contribution in [-0.4, -0.2) is 72.1 Å². The average molecular weight is 513 g/mol. The third-order valence-corrected chi connectivity index (χ3v) is 9.21. The number of hydrogen-bond acceptors (Lipinski definition) is 5. The molecule has 0 saturated carbocycles. The third kappa shape index (κ3) is 5.36. The molecular weight excluding hydrogens is 475 g/mol. The summed E-state index contributed by atoms with van der Waals surface area (Å²) in [7, 11) is -3.26. The number of aromatic nitrogens is 2. The van der Waals surface area contributed by atoms with E-state index in [0.717, 1.165) is 37.1 Å². The Morgan fingerprint density at radius 2 is 1.69 bits per heavy atom. The standard InChI is InChI=1S/C28H37FN4O2S/c1-20(2)31-13-4-5-24(12-16-31)32-14-10-21(11-15-32)23-17-26(29)28-30-27(19-33(28)18-23)22-6-8-25(9-7-22)36(3,34)35/h6-9,17-21,24H,4-5,10-16H2,1-3H3. The summed E-state index contributed by atoms with van der Waals surface area (Å²) in [5, 5.41) is 0. The quantitative estimate of drug-likeness (QED) is 0.482. The smallest absolute Gasteiger partial charge is 0.175 e. The van der Waals surface area contributed by atoms with Crippen LogP contribution in [0.25, 0.3) is 16.9 Å². The van der Waals surface area contributed by atoms with E-state index in [1.54, 1.807) is 34.7 Å². The number of benzene rings is 1. The van der Waals surface area contributed by atoms with E-state index in [4.69, 9.17) is 0 Å². The van der Waals surface area contributed by atoms with Gasteiger partial charge in [-0.2, -0.15) is 0 Å². The molecule has 0 N–H and O–H groups in total. The van der Waals surface area contributed by atoms with Gasteiger partial charge in [0.05, 0.1) is 10.6 Å². The number of rotatable bonds is 5. The van der Waals surface area contributed by atoms with E-state index in [2.05, 4.69) is 28.6 Å². The number of fused-ring (bicyclic) bond motifs is 1. The molecule has 8 heteroatoms. The molecule has 4 heterocycles. The number of pyridine rings is 1. The van der Waals surface area contributed by atoms with Crippen LogP contribution >= 0.6 is 0 Å². The number of hydrogen-bond donors (Lipinski definition) is 0. The summed E-state index contributed by atoms with van der Waals surface area (Å²) in [6, 6.07) is 9.53. The summed E-state index contributed by atoms with van der Waals surface area (Å²) in [6.07, 6.45) is 10.9. The Balaban J connectivity index is 1.28. The van der Waals surface area contributed by atoms with Crippen LogP contribution in [0.15, 0.2) is 47.6 Å². The van der Waals surface area contributed by atoms with Gasteiger partial charge in [-0.15, -0.1) is 0 Å². The fraction of sp³-hybridized carbons (Fsp3) is 0.536. The van der Waals surface area contributed by atoms with Crippen LogP contribution in [0.1, 0.15) is 57.4 Å². The van der Waals surface area contributed by atoms with Crippen molar-refractivity contribution >= 4 is 15.5 Å². The van der Waals surface area contributed by atoms with Crippen molar-refractivity contribution in [1.29, 1.82) is 0 Å². The SMILES string of the molecule is CC(C)N1CCCC(N2CCC(c3cc(F)c4nc(-c5ccc(S(C)(=O)=O)cc5)cn4c3)CC2)CC1. The van der Waals surface area contributed by atoms with Gasteiger partial charge < -0.3 is 14.2 Å². The summed E-state index contributed by atoms with van der Waals surface area (Å²) in [5.74, 6) is 0.0319. The van der Waals surface area contributed by atoms with Gasteiger partial charge in [0, 0.05) is 36.3 Å². The van der Waals surface area contributed by atoms with E-state index >= 15 is 4.39 Å². The molecule has 1 atom stereocenters. The van der Waals surface area contributed by atoms with Crippen LogP contribution in [-0.2, 0) is 9.84 Å². The molecule has 194 valence electrons. The predicted molar refractivity (Wildman–Crippen MR) is 142 cm³/mol. The average Bonchev–Trinajstić information content (AvgIpc) is 3.13. The Hall–Kier alpha value is -2.29. The van der Waals surface area contributed by atoms with Crippen molar-refractivity contribution in [2.45, 2.75) is 68.8 Å². The highest BCUT2D eigenvalue weighted by molar-refractivity contribution is 7.90. The molecule has 2 fully saturated rings. The molecule has 3 aromatic rings. The number of halogens is 1. The minimum atomic E-state index is -3.26. The molecule has 2 aliphatic heterocycles. The Kier molecular flexibility index (Phi) is 7.21. The van der Waals surface area contributed by atoms with Crippen LogP contribution in [0, 0.1) is 5.82 Å². The molecule has 2 aliphatic rings. The maximum atomic E-state index is 15.1. The van der Waals surface area contributed by atoms with Crippen LogP contribution in [0.2, 0.25) is 0 Å². The molecule has 36 heavy (non-hydrogen) atoms. The topological polar surface area (TPSA) is 57.9 Å². The molecule has 6 nitrogen and oxygen atoms in total. The van der Waals surface area contributed by atoms with Crippen LogP contribution in [0.3, 0.4) is 0 Å². The maximum absolute atomic E-state index is 15.1. The van der Waals surface area contributed by atoms with Crippen molar-refractivity contribution in [1.82, 2.24) is 19.2 Å². The molecule has 2 saturated heterocycles. The predicted octanol–water partition coefficient (Wildman–Crippen LogP) is 4.99. The van der Waals surface area contributed by atoms with Crippen molar-refractivity contribution in [3.63, 3.8) is 0 Å². The van der Waals surface area contributed by atoms with E-state index < -0.39 is 9.84 Å². The van der Waals surface area contributed by atoms with Gasteiger partial charge in [-0.1, -0.05) is 12.1 Å². The largest absolute Gasteiger partial charge is 0.304 e. The van der Waals surface area contributed by atoms with E-state index in [-0.39, 0.29) is 10.7 Å². The Morgan fingerprint density at radius 1 is 0.972 bits per heavy atom. The second-order valence-electron chi connectivity index (χ2n) is 10.8. The first-order valence-electron chi connectivity index (χ1n) is 13.2. The number of piperidine rings is 1. The highest BCUT2D eigenvalue weighted by atomic mass is 32.2. The number of nitrogens with zero attached hydrogens (tertiary/aromatic N) is 4. The first kappa shape index (κ1) is 25.4. The molecule has 0 amide bonds. The van der Waals surface area contributed by atoms with Crippen LogP contribution in [0.4, 0.5) is 4.39 Å². The summed E-state index contributed by atoms with van der Waals surface area (Å²) < 4.78 is 40.4. The van der Waals surface area contributed by atoms with E-state index in [9.17, 15) is 8.42 Å². The zero-order chi connectivity index (χ0) is 25.4. The van der Waals surface area contributed by atoms with Gasteiger partial charge in [-0.05, 0) is 102 Å². The minimum Gasteiger partial charge on any atom is -0.304 e. The van der Waals surface area contributed by atoms with Crippen molar-refractivity contribution in [2.24, 2.45) is 0 Å². The molecule has 2 aromatic heterocycles. The van der Waals surface area contributed by atoms with E-state index in [1.807, 2.05) is 12.4 Å². The van der Waals surface area contributed by atoms with Crippen LogP contribution < -0.4 is 0 Å². The maximum Gasteiger partial charge on any atom is 0.175 e. The molecule has 5 rings (SSSR count). The Bertz CT molecular complexity index is 1310. The Labute approximate surface area is 214 Å². The fourth-order valence-corrected chi connectivity index (χ4v) is 6.52. The highest BCUT2D eigenvalue weighted by Crippen LogP contribution is 2.32. The van der Waals surface area contributed by atoms with Gasteiger partial charge in [-0.25, -0.2) is 17.8 Å². The van der Waals surface area contributed by atoms with Gasteiger partial charge in [0.25, 0.3) is 0 Å². The molecular formula is C28H37FN4O2S. The Morgan fingerprint density at radius 3 is 2.36 bits per heavy atom. The molecule has 0 spiro atoms. The number of sulfone groups is 1. The van der Waals surface area contributed by atoms with E-state index in [1.165, 1.54) is 38.6 Å². The zero-order valence-corrected chi connectivity index (χ0v) is 22.3. The van der Waals surface area contributed by atoms with Gasteiger partial charge >= 0.3 is 0 Å². The minimum absolute atomic E-state index is 0.260. The van der Waals surface area contributed by atoms with Crippen molar-refractivity contribution in [3.05, 3.63) is 54.1 Å².